The van der Waals surface area contributed by atoms with Crippen LogP contribution < -0.4 is 10.4 Å². The van der Waals surface area contributed by atoms with Crippen LogP contribution in [0.5, 0.6) is 0 Å². The normalized spacial score (nSPS) is 36.0. The van der Waals surface area contributed by atoms with Gasteiger partial charge in [0, 0.05) is 11.5 Å². The summed E-state index contributed by atoms with van der Waals surface area (Å²) >= 11 is 10.9. The summed E-state index contributed by atoms with van der Waals surface area (Å²) in [5.41, 5.74) is 1.05. The monoisotopic (exact) mass is 802 g/mol. The van der Waals surface area contributed by atoms with Crippen LogP contribution in [0.2, 0.25) is 5.04 Å². The van der Waals surface area contributed by atoms with Crippen molar-refractivity contribution in [2.45, 2.75) is 108 Å². The van der Waals surface area contributed by atoms with Crippen molar-refractivity contribution in [2.75, 3.05) is 0 Å². The zero-order valence-corrected chi connectivity index (χ0v) is 32.7. The maximum absolute atomic E-state index is 12.2. The Balaban J connectivity index is 1.29. The fourth-order valence-electron chi connectivity index (χ4n) is 10.4. The number of benzene rings is 2. The zero-order chi connectivity index (χ0) is 31.5. The maximum atomic E-state index is 12.2. The molecule has 44 heavy (non-hydrogen) atoms. The van der Waals surface area contributed by atoms with E-state index >= 15 is 0 Å². The van der Waals surface area contributed by atoms with Crippen LogP contribution in [-0.4, -0.2) is 30.0 Å². The van der Waals surface area contributed by atoms with Gasteiger partial charge in [0.1, 0.15) is 0 Å². The van der Waals surface area contributed by atoms with Crippen molar-refractivity contribution in [1.29, 1.82) is 0 Å². The van der Waals surface area contributed by atoms with E-state index in [-0.39, 0.29) is 26.8 Å². The van der Waals surface area contributed by atoms with Gasteiger partial charge in [0.05, 0.1) is 13.8 Å². The first-order valence-corrected chi connectivity index (χ1v) is 21.0. The summed E-state index contributed by atoms with van der Waals surface area (Å²) in [5, 5.41) is 14.9. The van der Waals surface area contributed by atoms with Crippen LogP contribution in [0.1, 0.15) is 86.0 Å². The third-order valence-electron chi connectivity index (χ3n) is 12.8. The van der Waals surface area contributed by atoms with Crippen molar-refractivity contribution in [1.82, 2.24) is 0 Å². The minimum absolute atomic E-state index is 0.0114. The van der Waals surface area contributed by atoms with Crippen LogP contribution in [-0.2, 0) is 4.43 Å². The second kappa shape index (κ2) is 12.2. The molecule has 1 N–H and O–H groups in total. The first-order valence-electron chi connectivity index (χ1n) is 16.6. The molecule has 2 aromatic rings. The molecule has 4 aliphatic carbocycles. The van der Waals surface area contributed by atoms with Crippen molar-refractivity contribution in [3.8, 4) is 0 Å². The van der Waals surface area contributed by atoms with Gasteiger partial charge in [-0.25, -0.2) is 0 Å². The van der Waals surface area contributed by atoms with Crippen LogP contribution in [0.4, 0.5) is 0 Å². The summed E-state index contributed by atoms with van der Waals surface area (Å²) in [6, 6.07) is 22.2. The van der Waals surface area contributed by atoms with Gasteiger partial charge < -0.3 is 9.53 Å². The van der Waals surface area contributed by atoms with Gasteiger partial charge in [-0.1, -0.05) is 123 Å². The summed E-state index contributed by atoms with van der Waals surface area (Å²) in [6.07, 6.45) is 13.7. The highest BCUT2D eigenvalue weighted by molar-refractivity contribution is 9.28. The van der Waals surface area contributed by atoms with Crippen LogP contribution in [0.25, 0.3) is 0 Å². The molecule has 3 fully saturated rings. The highest BCUT2D eigenvalue weighted by Crippen LogP contribution is 2.68. The Morgan fingerprint density at radius 3 is 2.07 bits per heavy atom. The van der Waals surface area contributed by atoms with Gasteiger partial charge in [0.2, 0.25) is 0 Å². The predicted molar refractivity (Wildman–Crippen MR) is 198 cm³/mol. The van der Waals surface area contributed by atoms with Crippen LogP contribution in [0, 0.1) is 28.6 Å². The minimum atomic E-state index is -2.59. The van der Waals surface area contributed by atoms with E-state index in [1.165, 1.54) is 23.2 Å². The number of halogens is 3. The predicted octanol–water partition coefficient (Wildman–Crippen LogP) is 10.0. The molecule has 6 heteroatoms. The van der Waals surface area contributed by atoms with E-state index in [1.54, 1.807) is 5.57 Å². The first-order chi connectivity index (χ1) is 20.8. The van der Waals surface area contributed by atoms with Gasteiger partial charge in [-0.05, 0) is 128 Å². The lowest BCUT2D eigenvalue weighted by Crippen LogP contribution is -2.68. The van der Waals surface area contributed by atoms with Crippen molar-refractivity contribution in [3.05, 3.63) is 81.8 Å². The van der Waals surface area contributed by atoms with Crippen molar-refractivity contribution in [3.63, 3.8) is 0 Å². The molecule has 0 radical (unpaired) electrons. The summed E-state index contributed by atoms with van der Waals surface area (Å²) in [4.78, 5) is -0.0744. The number of rotatable bonds is 6. The molecule has 0 aromatic heterocycles. The third kappa shape index (κ3) is 5.28. The molecule has 0 saturated heterocycles. The number of hydrogen-bond donors (Lipinski definition) is 1. The lowest BCUT2D eigenvalue weighted by atomic mass is 9.47. The molecule has 0 heterocycles. The molecule has 4 aliphatic rings. The standard InChI is InChI=1S/C38H49Br3O2Si/c1-35(2,3)44(28-12-8-6-9-13-28,29-14-10-7-11-15-29)43-27-18-21-36(4)26(24-27)16-17-30-31(36)19-22-37(5)32(30)20-23-38(37,42)33(39)25-34(40)41/h6-16,25,27,30-33,42H,17-24H2,1-5H3/t27-,30+,31-,32-,33-,36-,37-,38+/m0/s1. The topological polar surface area (TPSA) is 29.5 Å². The Bertz CT molecular complexity index is 1360. The molecule has 0 bridgehead atoms. The molecule has 6 rings (SSSR count). The molecule has 0 spiro atoms. The quantitative estimate of drug-likeness (QED) is 0.179. The lowest BCUT2D eigenvalue weighted by molar-refractivity contribution is -0.119. The van der Waals surface area contributed by atoms with E-state index in [2.05, 4.69) is 155 Å². The Labute approximate surface area is 292 Å². The second-order valence-corrected chi connectivity index (χ2v) is 23.7. The number of aliphatic hydroxyl groups is 1. The number of fused-ring (bicyclic) bond motifs is 5. The van der Waals surface area contributed by atoms with Crippen LogP contribution in [0.3, 0.4) is 0 Å². The summed E-state index contributed by atoms with van der Waals surface area (Å²) in [5.74, 6) is 1.88. The average molecular weight is 806 g/mol. The number of alkyl halides is 1. The van der Waals surface area contributed by atoms with Crippen LogP contribution in [0.15, 0.2) is 81.8 Å². The Morgan fingerprint density at radius 2 is 1.50 bits per heavy atom. The van der Waals surface area contributed by atoms with Crippen molar-refractivity contribution < 1.29 is 9.53 Å². The highest BCUT2D eigenvalue weighted by atomic mass is 79.9. The van der Waals surface area contributed by atoms with E-state index in [0.717, 1.165) is 41.9 Å². The third-order valence-corrected chi connectivity index (χ3v) is 19.4. The van der Waals surface area contributed by atoms with E-state index < -0.39 is 13.9 Å². The van der Waals surface area contributed by atoms with E-state index in [4.69, 9.17) is 4.43 Å². The van der Waals surface area contributed by atoms with Gasteiger partial charge in [-0.15, -0.1) is 0 Å². The van der Waals surface area contributed by atoms with Gasteiger partial charge >= 0.3 is 0 Å². The molecule has 8 atom stereocenters. The maximum Gasteiger partial charge on any atom is 0.261 e. The van der Waals surface area contributed by atoms with E-state index in [0.29, 0.717) is 17.8 Å². The minimum Gasteiger partial charge on any atom is -0.404 e. The molecular weight excluding hydrogens is 756 g/mol. The molecular formula is C38H49Br3O2Si. The fourth-order valence-corrected chi connectivity index (χ4v) is 17.4. The Hall–Kier alpha value is -0.503. The largest absolute Gasteiger partial charge is 0.404 e. The molecule has 0 amide bonds. The van der Waals surface area contributed by atoms with E-state index in [1.807, 2.05) is 0 Å². The van der Waals surface area contributed by atoms with Gasteiger partial charge in [0.15, 0.2) is 0 Å². The molecule has 0 aliphatic heterocycles. The summed E-state index contributed by atoms with van der Waals surface area (Å²) < 4.78 is 8.56. The molecule has 238 valence electrons. The SMILES string of the molecule is CC(C)(C)[Si](O[C@H]1CC[C@@]2(C)C(=CC[C@@H]3[C@@H]2CC[C@@]2(C)[C@H]3CC[C@@]2(O)[C@@H](Br)C=C(Br)Br)C1)(c1ccccc1)c1ccccc1. The summed E-state index contributed by atoms with van der Waals surface area (Å²) in [6.45, 7) is 12.1. The van der Waals surface area contributed by atoms with E-state index in [9.17, 15) is 5.11 Å². The first kappa shape index (κ1) is 33.4. The van der Waals surface area contributed by atoms with Gasteiger partial charge in [0.25, 0.3) is 8.32 Å². The smallest absolute Gasteiger partial charge is 0.261 e. The molecule has 2 nitrogen and oxygen atoms in total. The number of hydrogen-bond acceptors (Lipinski definition) is 2. The average Bonchev–Trinajstić information content (AvgIpc) is 3.27. The van der Waals surface area contributed by atoms with Crippen LogP contribution >= 0.6 is 47.8 Å². The Kier molecular flexibility index (Phi) is 9.25. The lowest BCUT2D eigenvalue weighted by Gasteiger charge is -2.60. The molecule has 2 aromatic carbocycles. The highest BCUT2D eigenvalue weighted by Gasteiger charge is 2.65. The molecule has 3 saturated carbocycles. The molecule has 0 unspecified atom stereocenters. The zero-order valence-electron chi connectivity index (χ0n) is 27.0. The van der Waals surface area contributed by atoms with Gasteiger partial charge in [-0.2, -0.15) is 0 Å². The Morgan fingerprint density at radius 1 is 0.909 bits per heavy atom. The second-order valence-electron chi connectivity index (χ2n) is 15.7. The number of allylic oxidation sites excluding steroid dienone is 1. The van der Waals surface area contributed by atoms with Crippen molar-refractivity contribution >= 4 is 66.5 Å². The van der Waals surface area contributed by atoms with Gasteiger partial charge in [-0.3, -0.25) is 0 Å². The van der Waals surface area contributed by atoms with Crippen molar-refractivity contribution in [2.24, 2.45) is 28.6 Å². The fraction of sp³-hybridized carbons (Fsp3) is 0.579. The summed E-state index contributed by atoms with van der Waals surface area (Å²) in [7, 11) is -2.59.